The number of aromatic nitrogens is 4. The molecule has 0 unspecified atom stereocenters. The molecular weight excluding hydrogens is 260 g/mol. The minimum absolute atomic E-state index is 0.212. The number of aryl methyl sites for hydroxylation is 1. The van der Waals surface area contributed by atoms with Crippen molar-refractivity contribution in [2.24, 2.45) is 0 Å². The number of nitrogens with one attached hydrogen (secondary N) is 1. The number of benzene rings is 1. The first-order valence-electron chi connectivity index (χ1n) is 5.78. The number of fused-ring (bicyclic) bond motifs is 4. The first-order valence-corrected chi connectivity index (χ1v) is 6.60. The molecule has 1 aromatic carbocycles. The molecule has 0 atom stereocenters. The van der Waals surface area contributed by atoms with E-state index in [-0.39, 0.29) is 5.56 Å². The number of rotatable bonds is 0. The minimum Gasteiger partial charge on any atom is -0.266 e. The number of thiophene rings is 1. The molecule has 4 aromatic rings. The van der Waals surface area contributed by atoms with Gasteiger partial charge in [0.05, 0.1) is 5.52 Å². The van der Waals surface area contributed by atoms with E-state index in [1.54, 1.807) is 0 Å². The van der Waals surface area contributed by atoms with Gasteiger partial charge in [-0.1, -0.05) is 23.4 Å². The summed E-state index contributed by atoms with van der Waals surface area (Å²) < 4.78 is 0.580. The van der Waals surface area contributed by atoms with E-state index in [1.807, 2.05) is 31.2 Å². The van der Waals surface area contributed by atoms with Crippen LogP contribution in [0.5, 0.6) is 0 Å². The normalized spacial score (nSPS) is 11.6. The van der Waals surface area contributed by atoms with Crippen LogP contribution in [0.25, 0.3) is 31.3 Å². The van der Waals surface area contributed by atoms with Gasteiger partial charge in [0, 0.05) is 10.8 Å². The molecule has 0 aliphatic heterocycles. The van der Waals surface area contributed by atoms with Gasteiger partial charge in [0.1, 0.15) is 15.0 Å². The molecule has 0 saturated heterocycles. The van der Waals surface area contributed by atoms with Crippen LogP contribution in [-0.2, 0) is 0 Å². The summed E-state index contributed by atoms with van der Waals surface area (Å²) in [5, 5.41) is 12.1. The van der Waals surface area contributed by atoms with Gasteiger partial charge in [-0.05, 0) is 18.6 Å². The largest absolute Gasteiger partial charge is 0.285 e. The van der Waals surface area contributed by atoms with Crippen molar-refractivity contribution < 1.29 is 0 Å². The quantitative estimate of drug-likeness (QED) is 0.531. The molecule has 0 spiro atoms. The Morgan fingerprint density at radius 2 is 2.11 bits per heavy atom. The van der Waals surface area contributed by atoms with E-state index in [1.165, 1.54) is 11.3 Å². The molecule has 3 aromatic heterocycles. The number of hydrogen-bond acceptors (Lipinski definition) is 5. The monoisotopic (exact) mass is 268 g/mol. The van der Waals surface area contributed by atoms with Crippen molar-refractivity contribution in [1.82, 2.24) is 20.4 Å². The van der Waals surface area contributed by atoms with Gasteiger partial charge in [0.15, 0.2) is 0 Å². The Morgan fingerprint density at radius 1 is 1.26 bits per heavy atom. The van der Waals surface area contributed by atoms with Crippen molar-refractivity contribution in [3.63, 3.8) is 0 Å². The van der Waals surface area contributed by atoms with Crippen LogP contribution in [0, 0.1) is 6.92 Å². The molecule has 0 saturated carbocycles. The van der Waals surface area contributed by atoms with Gasteiger partial charge >= 0.3 is 0 Å². The van der Waals surface area contributed by atoms with Crippen LogP contribution in [0.4, 0.5) is 0 Å². The molecule has 0 aliphatic rings. The van der Waals surface area contributed by atoms with Crippen molar-refractivity contribution in [1.29, 1.82) is 0 Å². The molecule has 1 N–H and O–H groups in total. The number of hydrogen-bond donors (Lipinski definition) is 1. The number of para-hydroxylation sites is 1. The number of H-pyrrole nitrogens is 1. The van der Waals surface area contributed by atoms with Gasteiger partial charge in [-0.15, -0.1) is 16.4 Å². The Labute approximate surface area is 110 Å². The van der Waals surface area contributed by atoms with Crippen LogP contribution in [0.15, 0.2) is 29.1 Å². The second-order valence-electron chi connectivity index (χ2n) is 4.35. The van der Waals surface area contributed by atoms with Gasteiger partial charge in [0.2, 0.25) is 0 Å². The average Bonchev–Trinajstić information content (AvgIpc) is 2.79. The molecule has 19 heavy (non-hydrogen) atoms. The predicted octanol–water partition coefficient (Wildman–Crippen LogP) is 2.39. The van der Waals surface area contributed by atoms with Crippen molar-refractivity contribution >= 4 is 42.7 Å². The maximum Gasteiger partial charge on any atom is 0.285 e. The zero-order valence-electron chi connectivity index (χ0n) is 9.97. The highest BCUT2D eigenvalue weighted by molar-refractivity contribution is 7.25. The van der Waals surface area contributed by atoms with E-state index in [2.05, 4.69) is 20.4 Å². The molecule has 0 fully saturated rings. The second-order valence-corrected chi connectivity index (χ2v) is 5.35. The van der Waals surface area contributed by atoms with Crippen LogP contribution in [-0.4, -0.2) is 20.4 Å². The Balaban J connectivity index is 2.37. The molecule has 0 aliphatic carbocycles. The summed E-state index contributed by atoms with van der Waals surface area (Å²) in [6, 6.07) is 7.94. The topological polar surface area (TPSA) is 71.5 Å². The van der Waals surface area contributed by atoms with E-state index >= 15 is 0 Å². The molecule has 4 rings (SSSR count). The lowest BCUT2D eigenvalue weighted by atomic mass is 10.1. The first kappa shape index (κ1) is 10.6. The third-order valence-electron chi connectivity index (χ3n) is 3.28. The summed E-state index contributed by atoms with van der Waals surface area (Å²) >= 11 is 1.36. The molecular formula is C13H8N4OS. The lowest BCUT2D eigenvalue weighted by Gasteiger charge is -2.02. The molecule has 0 bridgehead atoms. The summed E-state index contributed by atoms with van der Waals surface area (Å²) in [6.45, 7) is 2.03. The number of pyridine rings is 1. The number of nitrogens with zero attached hydrogens (tertiary/aromatic N) is 3. The van der Waals surface area contributed by atoms with Crippen LogP contribution in [0.1, 0.15) is 5.56 Å². The minimum atomic E-state index is -0.212. The highest BCUT2D eigenvalue weighted by Crippen LogP contribution is 2.34. The summed E-state index contributed by atoms with van der Waals surface area (Å²) in [5.41, 5.74) is 2.45. The molecule has 92 valence electrons. The van der Waals surface area contributed by atoms with E-state index in [0.717, 1.165) is 26.7 Å². The highest BCUT2D eigenvalue weighted by atomic mass is 32.1. The maximum atomic E-state index is 11.8. The van der Waals surface area contributed by atoms with Gasteiger partial charge < -0.3 is 0 Å². The van der Waals surface area contributed by atoms with Crippen LogP contribution in [0.2, 0.25) is 0 Å². The number of aromatic amines is 1. The molecule has 6 heteroatoms. The Bertz CT molecular complexity index is 1000. The Kier molecular flexibility index (Phi) is 1.99. The van der Waals surface area contributed by atoms with Crippen molar-refractivity contribution in [3.8, 4) is 0 Å². The molecule has 3 heterocycles. The Morgan fingerprint density at radius 3 is 3.00 bits per heavy atom. The van der Waals surface area contributed by atoms with Gasteiger partial charge in [-0.2, -0.15) is 0 Å². The molecule has 0 amide bonds. The van der Waals surface area contributed by atoms with Crippen LogP contribution >= 0.6 is 11.3 Å². The van der Waals surface area contributed by atoms with Crippen LogP contribution < -0.4 is 5.56 Å². The van der Waals surface area contributed by atoms with Gasteiger partial charge in [-0.3, -0.25) is 4.79 Å². The fraction of sp³-hybridized carbons (Fsp3) is 0.0769. The van der Waals surface area contributed by atoms with Crippen molar-refractivity contribution in [2.75, 3.05) is 0 Å². The fourth-order valence-corrected chi connectivity index (χ4v) is 3.45. The third-order valence-corrected chi connectivity index (χ3v) is 4.35. The van der Waals surface area contributed by atoms with E-state index in [0.29, 0.717) is 10.2 Å². The van der Waals surface area contributed by atoms with E-state index in [9.17, 15) is 4.79 Å². The summed E-state index contributed by atoms with van der Waals surface area (Å²) in [5.74, 6) is 0. The van der Waals surface area contributed by atoms with Crippen LogP contribution in [0.3, 0.4) is 0 Å². The zero-order valence-corrected chi connectivity index (χ0v) is 10.8. The SMILES string of the molecule is Cc1c2ccccc2nc2sc3c(=O)[nH]nnc3c12. The average molecular weight is 268 g/mol. The van der Waals surface area contributed by atoms with E-state index < -0.39 is 0 Å². The second kappa shape index (κ2) is 3.58. The lowest BCUT2D eigenvalue weighted by molar-refractivity contribution is 0.876. The maximum absolute atomic E-state index is 11.8. The smallest absolute Gasteiger partial charge is 0.266 e. The molecule has 0 radical (unpaired) electrons. The van der Waals surface area contributed by atoms with Gasteiger partial charge in [0.25, 0.3) is 5.56 Å². The van der Waals surface area contributed by atoms with Crippen molar-refractivity contribution in [2.45, 2.75) is 6.92 Å². The summed E-state index contributed by atoms with van der Waals surface area (Å²) in [7, 11) is 0. The third kappa shape index (κ3) is 1.34. The summed E-state index contributed by atoms with van der Waals surface area (Å²) in [4.78, 5) is 17.2. The fourth-order valence-electron chi connectivity index (χ4n) is 2.38. The predicted molar refractivity (Wildman–Crippen MR) is 75.6 cm³/mol. The van der Waals surface area contributed by atoms with Gasteiger partial charge in [-0.25, -0.2) is 10.1 Å². The lowest BCUT2D eigenvalue weighted by Crippen LogP contribution is -2.07. The molecule has 5 nitrogen and oxygen atoms in total. The zero-order chi connectivity index (χ0) is 13.0. The van der Waals surface area contributed by atoms with E-state index in [4.69, 9.17) is 0 Å². The van der Waals surface area contributed by atoms with Crippen molar-refractivity contribution in [3.05, 3.63) is 40.2 Å². The Hall–Kier alpha value is -2.34. The highest BCUT2D eigenvalue weighted by Gasteiger charge is 2.15. The summed E-state index contributed by atoms with van der Waals surface area (Å²) in [6.07, 6.45) is 0. The standard InChI is InChI=1S/C13H8N4OS/c1-6-7-4-2-3-5-8(7)14-13-9(6)10-11(19-13)12(18)16-17-15-10/h2-5H,1H3,(H,15,16,18). The first-order chi connectivity index (χ1) is 9.25.